The van der Waals surface area contributed by atoms with Crippen LogP contribution < -0.4 is 11.2 Å². The molecule has 0 bridgehead atoms. The Morgan fingerprint density at radius 3 is 2.27 bits per heavy atom. The van der Waals surface area contributed by atoms with Gasteiger partial charge in [0, 0.05) is 19.7 Å². The lowest BCUT2D eigenvalue weighted by Gasteiger charge is -2.07. The van der Waals surface area contributed by atoms with Crippen molar-refractivity contribution in [3.63, 3.8) is 0 Å². The quantitative estimate of drug-likeness (QED) is 0.700. The van der Waals surface area contributed by atoms with Crippen LogP contribution in [0, 0.1) is 13.8 Å². The Bertz CT molecular complexity index is 1000. The highest BCUT2D eigenvalue weighted by molar-refractivity contribution is 5.77. The molecule has 1 aromatic carbocycles. The predicted octanol–water partition coefficient (Wildman–Crippen LogP) is 0.950. The van der Waals surface area contributed by atoms with Crippen LogP contribution in [0.4, 0.5) is 0 Å². The minimum absolute atomic E-state index is 0.179. The van der Waals surface area contributed by atoms with Crippen molar-refractivity contribution < 1.29 is 5.11 Å². The summed E-state index contributed by atoms with van der Waals surface area (Å²) in [5.41, 5.74) is 2.24. The van der Waals surface area contributed by atoms with E-state index in [1.807, 2.05) is 13.8 Å². The molecule has 0 saturated carbocycles. The topological polar surface area (TPSA) is 92.9 Å². The maximum Gasteiger partial charge on any atom is 0.332 e. The van der Waals surface area contributed by atoms with Gasteiger partial charge in [0.2, 0.25) is 0 Å². The summed E-state index contributed by atoms with van der Waals surface area (Å²) in [7, 11) is 3.01. The Balaban J connectivity index is 2.41. The van der Waals surface area contributed by atoms with E-state index in [2.05, 4.69) is 9.97 Å². The Morgan fingerprint density at radius 1 is 1.09 bits per heavy atom. The molecular formula is C15H16N4O3. The van der Waals surface area contributed by atoms with Crippen LogP contribution in [-0.4, -0.2) is 24.2 Å². The molecule has 0 aliphatic carbocycles. The molecule has 0 unspecified atom stereocenters. The van der Waals surface area contributed by atoms with Gasteiger partial charge in [0.15, 0.2) is 5.65 Å². The van der Waals surface area contributed by atoms with Crippen molar-refractivity contribution in [1.29, 1.82) is 0 Å². The molecule has 0 fully saturated rings. The van der Waals surface area contributed by atoms with Crippen molar-refractivity contribution in [2.45, 2.75) is 13.8 Å². The van der Waals surface area contributed by atoms with Crippen molar-refractivity contribution in [3.05, 3.63) is 44.1 Å². The summed E-state index contributed by atoms with van der Waals surface area (Å²) >= 11 is 0. The van der Waals surface area contributed by atoms with Gasteiger partial charge < -0.3 is 10.1 Å². The fourth-order valence-electron chi connectivity index (χ4n) is 2.76. The van der Waals surface area contributed by atoms with Crippen molar-refractivity contribution >= 4 is 11.2 Å². The van der Waals surface area contributed by atoms with Gasteiger partial charge in [-0.3, -0.25) is 13.9 Å². The van der Waals surface area contributed by atoms with Crippen LogP contribution in [0.3, 0.4) is 0 Å². The van der Waals surface area contributed by atoms with Gasteiger partial charge in [-0.05, 0) is 37.1 Å². The first-order valence-corrected chi connectivity index (χ1v) is 6.77. The predicted molar refractivity (Wildman–Crippen MR) is 83.2 cm³/mol. The Kier molecular flexibility index (Phi) is 2.94. The summed E-state index contributed by atoms with van der Waals surface area (Å²) in [6.07, 6.45) is 0. The van der Waals surface area contributed by atoms with Crippen LogP contribution in [0.25, 0.3) is 22.6 Å². The van der Waals surface area contributed by atoms with E-state index < -0.39 is 11.2 Å². The van der Waals surface area contributed by atoms with E-state index in [-0.39, 0.29) is 11.3 Å². The van der Waals surface area contributed by atoms with E-state index in [4.69, 9.17) is 0 Å². The van der Waals surface area contributed by atoms with Gasteiger partial charge in [0.1, 0.15) is 17.1 Å². The van der Waals surface area contributed by atoms with Crippen molar-refractivity contribution in [2.24, 2.45) is 14.1 Å². The third kappa shape index (κ3) is 1.86. The summed E-state index contributed by atoms with van der Waals surface area (Å²) in [5, 5.41) is 9.64. The lowest BCUT2D eigenvalue weighted by Crippen LogP contribution is -2.36. The van der Waals surface area contributed by atoms with Gasteiger partial charge in [-0.15, -0.1) is 0 Å². The largest absolute Gasteiger partial charge is 0.508 e. The molecule has 0 saturated heterocycles. The average Bonchev–Trinajstić information content (AvgIpc) is 2.86. The summed E-state index contributed by atoms with van der Waals surface area (Å²) in [5.74, 6) is 0.682. The molecule has 7 heteroatoms. The lowest BCUT2D eigenvalue weighted by molar-refractivity contribution is 0.474. The number of rotatable bonds is 1. The highest BCUT2D eigenvalue weighted by Gasteiger charge is 2.17. The smallest absolute Gasteiger partial charge is 0.332 e. The van der Waals surface area contributed by atoms with Gasteiger partial charge >= 0.3 is 5.69 Å². The van der Waals surface area contributed by atoms with E-state index in [0.717, 1.165) is 21.3 Å². The monoisotopic (exact) mass is 300 g/mol. The molecule has 0 aliphatic rings. The number of fused-ring (bicyclic) bond motifs is 1. The number of benzene rings is 1. The minimum Gasteiger partial charge on any atom is -0.508 e. The third-order valence-electron chi connectivity index (χ3n) is 3.85. The van der Waals surface area contributed by atoms with Crippen LogP contribution in [0.5, 0.6) is 5.75 Å². The Morgan fingerprint density at radius 2 is 1.68 bits per heavy atom. The zero-order valence-corrected chi connectivity index (χ0v) is 12.8. The van der Waals surface area contributed by atoms with Crippen molar-refractivity contribution in [3.8, 4) is 17.1 Å². The van der Waals surface area contributed by atoms with E-state index in [1.165, 1.54) is 11.6 Å². The van der Waals surface area contributed by atoms with E-state index in [1.54, 1.807) is 19.2 Å². The van der Waals surface area contributed by atoms with Crippen LogP contribution in [0.1, 0.15) is 11.1 Å². The fourth-order valence-corrected chi connectivity index (χ4v) is 2.76. The number of nitrogens with one attached hydrogen (secondary N) is 1. The molecule has 3 rings (SSSR count). The Labute approximate surface area is 125 Å². The standard InChI is InChI=1S/C15H16N4O3/c1-7-5-9(20)6-8(2)10(7)12-16-11-13(17-12)18(3)15(22)19(4)14(11)21/h5-6,20H,1-4H3,(H,16,17). The number of phenolic OH excluding ortho intramolecular Hbond substituents is 1. The number of aryl methyl sites for hydroxylation is 3. The number of H-pyrrole nitrogens is 1. The zero-order chi connectivity index (χ0) is 16.2. The van der Waals surface area contributed by atoms with E-state index in [0.29, 0.717) is 11.5 Å². The number of imidazole rings is 1. The SMILES string of the molecule is Cc1cc(O)cc(C)c1-c1nc2c([nH]1)c(=O)n(C)c(=O)n2C. The van der Waals surface area contributed by atoms with Crippen molar-refractivity contribution in [1.82, 2.24) is 19.1 Å². The van der Waals surface area contributed by atoms with E-state index in [9.17, 15) is 14.7 Å². The maximum atomic E-state index is 12.2. The third-order valence-corrected chi connectivity index (χ3v) is 3.85. The molecule has 7 nitrogen and oxygen atoms in total. The molecule has 0 radical (unpaired) electrons. The number of nitrogens with zero attached hydrogens (tertiary/aromatic N) is 3. The molecule has 0 aliphatic heterocycles. The lowest BCUT2D eigenvalue weighted by atomic mass is 10.0. The highest BCUT2D eigenvalue weighted by Crippen LogP contribution is 2.29. The first-order valence-electron chi connectivity index (χ1n) is 6.77. The summed E-state index contributed by atoms with van der Waals surface area (Å²) in [4.78, 5) is 31.6. The van der Waals surface area contributed by atoms with Gasteiger partial charge in [-0.2, -0.15) is 0 Å². The molecule has 0 amide bonds. The minimum atomic E-state index is -0.422. The van der Waals surface area contributed by atoms with Gasteiger partial charge in [-0.25, -0.2) is 9.78 Å². The maximum absolute atomic E-state index is 12.2. The van der Waals surface area contributed by atoms with Gasteiger partial charge in [0.05, 0.1) is 0 Å². The number of aromatic nitrogens is 4. The normalized spacial score (nSPS) is 11.3. The molecule has 114 valence electrons. The molecule has 2 heterocycles. The number of phenols is 1. The number of hydrogen-bond donors (Lipinski definition) is 2. The zero-order valence-electron chi connectivity index (χ0n) is 12.8. The molecule has 3 aromatic rings. The number of aromatic amines is 1. The second-order valence-electron chi connectivity index (χ2n) is 5.44. The van der Waals surface area contributed by atoms with Gasteiger partial charge in [-0.1, -0.05) is 0 Å². The summed E-state index contributed by atoms with van der Waals surface area (Å²) in [6.45, 7) is 3.71. The number of aromatic hydroxyl groups is 1. The van der Waals surface area contributed by atoms with Crippen LogP contribution >= 0.6 is 0 Å². The van der Waals surface area contributed by atoms with Gasteiger partial charge in [0.25, 0.3) is 5.56 Å². The summed E-state index contributed by atoms with van der Waals surface area (Å²) in [6, 6.07) is 3.26. The summed E-state index contributed by atoms with van der Waals surface area (Å²) < 4.78 is 2.38. The van der Waals surface area contributed by atoms with Crippen molar-refractivity contribution in [2.75, 3.05) is 0 Å². The van der Waals surface area contributed by atoms with Crippen LogP contribution in [0.2, 0.25) is 0 Å². The second-order valence-corrected chi connectivity index (χ2v) is 5.44. The Hall–Kier alpha value is -2.83. The fraction of sp³-hybridized carbons (Fsp3) is 0.267. The van der Waals surface area contributed by atoms with E-state index >= 15 is 0 Å². The first kappa shape index (κ1) is 14.1. The first-order chi connectivity index (χ1) is 10.3. The number of hydrogen-bond acceptors (Lipinski definition) is 4. The molecule has 0 spiro atoms. The highest BCUT2D eigenvalue weighted by atomic mass is 16.3. The molecule has 2 aromatic heterocycles. The molecular weight excluding hydrogens is 284 g/mol. The second kappa shape index (κ2) is 4.59. The average molecular weight is 300 g/mol. The molecule has 2 N–H and O–H groups in total. The van der Waals surface area contributed by atoms with Crippen LogP contribution in [-0.2, 0) is 14.1 Å². The van der Waals surface area contributed by atoms with Crippen LogP contribution in [0.15, 0.2) is 21.7 Å². The molecule has 22 heavy (non-hydrogen) atoms. The molecule has 0 atom stereocenters.